The van der Waals surface area contributed by atoms with Crippen LogP contribution in [0, 0.1) is 6.92 Å². The number of ether oxygens (including phenoxy) is 1. The second kappa shape index (κ2) is 6.52. The number of anilines is 1. The summed E-state index contributed by atoms with van der Waals surface area (Å²) in [5, 5.41) is 2.87. The van der Waals surface area contributed by atoms with Gasteiger partial charge in [-0.2, -0.15) is 0 Å². The van der Waals surface area contributed by atoms with Crippen molar-refractivity contribution in [3.05, 3.63) is 53.9 Å². The minimum absolute atomic E-state index is 0.0354. The van der Waals surface area contributed by atoms with Crippen LogP contribution < -0.4 is 10.1 Å². The van der Waals surface area contributed by atoms with Crippen molar-refractivity contribution in [2.75, 3.05) is 12.4 Å². The minimum Gasteiger partial charge on any atom is -0.497 e. The van der Waals surface area contributed by atoms with Gasteiger partial charge in [-0.05, 0) is 48.9 Å². The van der Waals surface area contributed by atoms with E-state index in [1.54, 1.807) is 7.11 Å². The first kappa shape index (κ1) is 15.1. The van der Waals surface area contributed by atoms with Crippen LogP contribution in [0.2, 0.25) is 0 Å². The molecule has 3 aromatic rings. The fourth-order valence-corrected chi connectivity index (χ4v) is 2.42. The molecule has 1 aromatic heterocycles. The number of hydrogen-bond acceptors (Lipinski definition) is 3. The fraction of sp³-hybridized carbons (Fsp3) is 0.222. The third-order valence-electron chi connectivity index (χ3n) is 3.65. The zero-order chi connectivity index (χ0) is 16.2. The van der Waals surface area contributed by atoms with E-state index < -0.39 is 0 Å². The predicted molar refractivity (Wildman–Crippen MR) is 90.8 cm³/mol. The van der Waals surface area contributed by atoms with Gasteiger partial charge in [-0.25, -0.2) is 4.98 Å². The largest absolute Gasteiger partial charge is 0.497 e. The van der Waals surface area contributed by atoms with Gasteiger partial charge in [-0.1, -0.05) is 6.07 Å². The highest BCUT2D eigenvalue weighted by atomic mass is 16.5. The molecule has 0 aliphatic rings. The lowest BCUT2D eigenvalue weighted by Gasteiger charge is -2.05. The third-order valence-corrected chi connectivity index (χ3v) is 3.65. The number of H-pyrrole nitrogens is 1. The first-order chi connectivity index (χ1) is 11.1. The maximum atomic E-state index is 12.0. The summed E-state index contributed by atoms with van der Waals surface area (Å²) in [6.45, 7) is 2.04. The van der Waals surface area contributed by atoms with Gasteiger partial charge in [0.05, 0.1) is 18.1 Å². The van der Waals surface area contributed by atoms with Gasteiger partial charge in [0, 0.05) is 18.5 Å². The molecule has 0 aliphatic carbocycles. The molecular weight excluding hydrogens is 290 g/mol. The maximum absolute atomic E-state index is 12.0. The summed E-state index contributed by atoms with van der Waals surface area (Å²) in [6.07, 6.45) is 0.959. The number of carbonyl (C=O) groups excluding carboxylic acids is 1. The van der Waals surface area contributed by atoms with Crippen LogP contribution in [0.15, 0.2) is 42.5 Å². The van der Waals surface area contributed by atoms with Crippen LogP contribution >= 0.6 is 0 Å². The van der Waals surface area contributed by atoms with Gasteiger partial charge in [0.25, 0.3) is 0 Å². The normalized spacial score (nSPS) is 10.7. The molecule has 2 N–H and O–H groups in total. The topological polar surface area (TPSA) is 67.0 Å². The predicted octanol–water partition coefficient (Wildman–Crippen LogP) is 3.45. The zero-order valence-electron chi connectivity index (χ0n) is 13.2. The molecule has 5 heteroatoms. The summed E-state index contributed by atoms with van der Waals surface area (Å²) in [5.74, 6) is 1.56. The second-order valence-corrected chi connectivity index (χ2v) is 5.48. The van der Waals surface area contributed by atoms with E-state index in [0.717, 1.165) is 28.3 Å². The van der Waals surface area contributed by atoms with Gasteiger partial charge in [0.1, 0.15) is 11.6 Å². The molecule has 0 saturated carbocycles. The van der Waals surface area contributed by atoms with Crippen molar-refractivity contribution in [3.63, 3.8) is 0 Å². The van der Waals surface area contributed by atoms with Crippen molar-refractivity contribution in [2.45, 2.75) is 19.8 Å². The summed E-state index contributed by atoms with van der Waals surface area (Å²) in [4.78, 5) is 19.8. The standard InChI is InChI=1S/C18H19N3O2/c1-12-3-8-15-16(11-12)21-17(20-15)9-10-18(22)19-13-4-6-14(23-2)7-5-13/h3-8,11H,9-10H2,1-2H3,(H,19,22)(H,20,21). The number of benzene rings is 2. The van der Waals surface area contributed by atoms with Crippen LogP contribution in [-0.2, 0) is 11.2 Å². The van der Waals surface area contributed by atoms with Crippen LogP contribution in [-0.4, -0.2) is 23.0 Å². The van der Waals surface area contributed by atoms with E-state index in [2.05, 4.69) is 21.4 Å². The van der Waals surface area contributed by atoms with Crippen LogP contribution in [0.3, 0.4) is 0 Å². The highest BCUT2D eigenvalue weighted by Gasteiger charge is 2.07. The summed E-state index contributed by atoms with van der Waals surface area (Å²) in [6, 6.07) is 13.4. The number of rotatable bonds is 5. The van der Waals surface area contributed by atoms with Crippen LogP contribution in [0.25, 0.3) is 11.0 Å². The Labute approximate surface area is 134 Å². The zero-order valence-corrected chi connectivity index (χ0v) is 13.2. The average molecular weight is 309 g/mol. The van der Waals surface area contributed by atoms with E-state index in [-0.39, 0.29) is 5.91 Å². The molecule has 0 aliphatic heterocycles. The Balaban J connectivity index is 1.58. The van der Waals surface area contributed by atoms with Gasteiger partial charge >= 0.3 is 0 Å². The molecule has 0 bridgehead atoms. The van der Waals surface area contributed by atoms with Crippen molar-refractivity contribution in [3.8, 4) is 5.75 Å². The van der Waals surface area contributed by atoms with E-state index in [1.165, 1.54) is 5.56 Å². The number of imidazole rings is 1. The maximum Gasteiger partial charge on any atom is 0.224 e. The first-order valence-corrected chi connectivity index (χ1v) is 7.53. The number of aromatic nitrogens is 2. The molecule has 23 heavy (non-hydrogen) atoms. The fourth-order valence-electron chi connectivity index (χ4n) is 2.42. The Bertz CT molecular complexity index is 822. The average Bonchev–Trinajstić information content (AvgIpc) is 2.95. The van der Waals surface area contributed by atoms with E-state index in [4.69, 9.17) is 4.74 Å². The number of aromatic amines is 1. The molecule has 0 spiro atoms. The monoisotopic (exact) mass is 309 g/mol. The molecule has 1 amide bonds. The molecule has 0 saturated heterocycles. The van der Waals surface area contributed by atoms with Crippen molar-refractivity contribution < 1.29 is 9.53 Å². The van der Waals surface area contributed by atoms with E-state index in [0.29, 0.717) is 12.8 Å². The highest BCUT2D eigenvalue weighted by Crippen LogP contribution is 2.16. The molecule has 0 radical (unpaired) electrons. The van der Waals surface area contributed by atoms with Crippen molar-refractivity contribution in [1.82, 2.24) is 9.97 Å². The van der Waals surface area contributed by atoms with Crippen LogP contribution in [0.4, 0.5) is 5.69 Å². The number of nitrogens with one attached hydrogen (secondary N) is 2. The summed E-state index contributed by atoms with van der Waals surface area (Å²) in [5.41, 5.74) is 3.89. The number of fused-ring (bicyclic) bond motifs is 1. The lowest BCUT2D eigenvalue weighted by Crippen LogP contribution is -2.12. The smallest absolute Gasteiger partial charge is 0.224 e. The number of methoxy groups -OCH3 is 1. The Morgan fingerprint density at radius 1 is 1.22 bits per heavy atom. The first-order valence-electron chi connectivity index (χ1n) is 7.53. The van der Waals surface area contributed by atoms with Gasteiger partial charge in [0.15, 0.2) is 0 Å². The summed E-state index contributed by atoms with van der Waals surface area (Å²) >= 11 is 0. The highest BCUT2D eigenvalue weighted by molar-refractivity contribution is 5.90. The molecule has 118 valence electrons. The number of carbonyl (C=O) groups is 1. The number of nitrogens with zero attached hydrogens (tertiary/aromatic N) is 1. The Morgan fingerprint density at radius 2 is 2.00 bits per heavy atom. The Morgan fingerprint density at radius 3 is 2.74 bits per heavy atom. The van der Waals surface area contributed by atoms with Crippen LogP contribution in [0.5, 0.6) is 5.75 Å². The van der Waals surface area contributed by atoms with Crippen molar-refractivity contribution in [1.29, 1.82) is 0 Å². The lowest BCUT2D eigenvalue weighted by molar-refractivity contribution is -0.116. The molecule has 1 heterocycles. The number of aryl methyl sites for hydroxylation is 2. The van der Waals surface area contributed by atoms with Gasteiger partial charge in [-0.15, -0.1) is 0 Å². The second-order valence-electron chi connectivity index (χ2n) is 5.48. The molecule has 5 nitrogen and oxygen atoms in total. The van der Waals surface area contributed by atoms with E-state index in [1.807, 2.05) is 43.3 Å². The molecule has 2 aromatic carbocycles. The molecule has 0 unspecified atom stereocenters. The van der Waals surface area contributed by atoms with Gasteiger partial charge in [-0.3, -0.25) is 4.79 Å². The lowest BCUT2D eigenvalue weighted by atomic mass is 10.2. The quantitative estimate of drug-likeness (QED) is 0.758. The molecular formula is C18H19N3O2. The minimum atomic E-state index is -0.0354. The summed E-state index contributed by atoms with van der Waals surface area (Å²) < 4.78 is 5.09. The SMILES string of the molecule is COc1ccc(NC(=O)CCc2nc3ccc(C)cc3[nH]2)cc1. The van der Waals surface area contributed by atoms with Crippen molar-refractivity contribution in [2.24, 2.45) is 0 Å². The van der Waals surface area contributed by atoms with E-state index >= 15 is 0 Å². The number of amides is 1. The molecule has 0 fully saturated rings. The molecule has 3 rings (SSSR count). The Kier molecular flexibility index (Phi) is 4.28. The molecule has 0 atom stereocenters. The Hall–Kier alpha value is -2.82. The van der Waals surface area contributed by atoms with E-state index in [9.17, 15) is 4.79 Å². The summed E-state index contributed by atoms with van der Waals surface area (Å²) in [7, 11) is 1.61. The number of hydrogen-bond donors (Lipinski definition) is 2. The van der Waals surface area contributed by atoms with Gasteiger partial charge < -0.3 is 15.0 Å². The van der Waals surface area contributed by atoms with Gasteiger partial charge in [0.2, 0.25) is 5.91 Å². The van der Waals surface area contributed by atoms with Crippen LogP contribution in [0.1, 0.15) is 17.8 Å². The third kappa shape index (κ3) is 3.69. The van der Waals surface area contributed by atoms with Crippen molar-refractivity contribution >= 4 is 22.6 Å².